The minimum absolute atomic E-state index is 0.313. The molecule has 2 atom stereocenters. The van der Waals surface area contributed by atoms with Gasteiger partial charge in [0.15, 0.2) is 0 Å². The van der Waals surface area contributed by atoms with E-state index in [1.54, 1.807) is 0 Å². The van der Waals surface area contributed by atoms with Crippen LogP contribution >= 0.6 is 0 Å². The Balaban J connectivity index is 1.93. The Morgan fingerprint density at radius 3 is 2.44 bits per heavy atom. The van der Waals surface area contributed by atoms with E-state index in [0.717, 1.165) is 25.0 Å². The molecule has 0 radical (unpaired) electrons. The number of nitrogens with one attached hydrogen (secondary N) is 1. The molecule has 18 heavy (non-hydrogen) atoms. The first-order valence-corrected chi connectivity index (χ1v) is 7.69. The monoisotopic (exact) mass is 253 g/mol. The van der Waals surface area contributed by atoms with Crippen molar-refractivity contribution in [2.75, 3.05) is 39.3 Å². The van der Waals surface area contributed by atoms with Crippen LogP contribution in [0.1, 0.15) is 40.5 Å². The molecule has 0 aromatic carbocycles. The molecule has 0 aromatic heterocycles. The fourth-order valence-electron chi connectivity index (χ4n) is 3.47. The molecule has 1 N–H and O–H groups in total. The van der Waals surface area contributed by atoms with Gasteiger partial charge < -0.3 is 5.32 Å². The third-order valence-electron chi connectivity index (χ3n) is 4.81. The summed E-state index contributed by atoms with van der Waals surface area (Å²) >= 11 is 0. The minimum Gasteiger partial charge on any atom is -0.314 e. The Bertz CT molecular complexity index is 258. The Labute approximate surface area is 113 Å². The summed E-state index contributed by atoms with van der Waals surface area (Å²) in [5, 5.41) is 3.45. The summed E-state index contributed by atoms with van der Waals surface area (Å²) in [6.07, 6.45) is 2.78. The normalized spacial score (nSPS) is 32.7. The Kier molecular flexibility index (Phi) is 4.68. The van der Waals surface area contributed by atoms with Gasteiger partial charge in [-0.1, -0.05) is 6.92 Å². The summed E-state index contributed by atoms with van der Waals surface area (Å²) in [4.78, 5) is 5.38. The van der Waals surface area contributed by atoms with E-state index in [0.29, 0.717) is 5.54 Å². The Morgan fingerprint density at radius 1 is 1.11 bits per heavy atom. The number of nitrogens with zero attached hydrogens (tertiary/aromatic N) is 2. The third kappa shape index (κ3) is 3.46. The smallest absolute Gasteiger partial charge is 0.0281 e. The second-order valence-electron chi connectivity index (χ2n) is 7.01. The van der Waals surface area contributed by atoms with Gasteiger partial charge in [-0.05, 0) is 39.5 Å². The van der Waals surface area contributed by atoms with Crippen molar-refractivity contribution in [3.8, 4) is 0 Å². The zero-order chi connectivity index (χ0) is 13.2. The van der Waals surface area contributed by atoms with E-state index < -0.39 is 0 Å². The van der Waals surface area contributed by atoms with Crippen LogP contribution in [0.4, 0.5) is 0 Å². The van der Waals surface area contributed by atoms with Gasteiger partial charge in [0.1, 0.15) is 0 Å². The van der Waals surface area contributed by atoms with Crippen molar-refractivity contribution in [2.45, 2.75) is 52.1 Å². The van der Waals surface area contributed by atoms with Gasteiger partial charge in [0.25, 0.3) is 0 Å². The molecule has 2 aliphatic heterocycles. The maximum atomic E-state index is 3.45. The zero-order valence-corrected chi connectivity index (χ0v) is 12.7. The quantitative estimate of drug-likeness (QED) is 0.827. The first-order valence-electron chi connectivity index (χ1n) is 7.69. The third-order valence-corrected chi connectivity index (χ3v) is 4.81. The number of hydrogen-bond donors (Lipinski definition) is 1. The van der Waals surface area contributed by atoms with Crippen molar-refractivity contribution < 1.29 is 0 Å². The van der Waals surface area contributed by atoms with Gasteiger partial charge in [-0.3, -0.25) is 9.80 Å². The molecule has 0 aromatic rings. The standard InChI is InChI=1S/C15H31N3/c1-13-5-6-14(2)17(11-13)12-15(3,4)18-9-7-16-8-10-18/h13-14,16H,5-12H2,1-4H3. The van der Waals surface area contributed by atoms with Crippen molar-refractivity contribution >= 4 is 0 Å². The molecule has 2 rings (SSSR count). The van der Waals surface area contributed by atoms with Crippen LogP contribution < -0.4 is 5.32 Å². The van der Waals surface area contributed by atoms with E-state index in [2.05, 4.69) is 42.8 Å². The summed E-state index contributed by atoms with van der Waals surface area (Å²) in [6, 6.07) is 0.767. The second kappa shape index (κ2) is 5.89. The average Bonchev–Trinajstić information content (AvgIpc) is 2.35. The molecule has 2 fully saturated rings. The van der Waals surface area contributed by atoms with Crippen LogP contribution in [0.25, 0.3) is 0 Å². The van der Waals surface area contributed by atoms with E-state index in [9.17, 15) is 0 Å². The van der Waals surface area contributed by atoms with E-state index in [1.165, 1.54) is 39.0 Å². The molecule has 2 aliphatic rings. The van der Waals surface area contributed by atoms with Gasteiger partial charge in [-0.25, -0.2) is 0 Å². The minimum atomic E-state index is 0.313. The van der Waals surface area contributed by atoms with Crippen molar-refractivity contribution in [3.63, 3.8) is 0 Å². The van der Waals surface area contributed by atoms with Crippen LogP contribution in [0.15, 0.2) is 0 Å². The predicted octanol–water partition coefficient (Wildman–Crippen LogP) is 1.79. The second-order valence-corrected chi connectivity index (χ2v) is 7.01. The van der Waals surface area contributed by atoms with Crippen molar-refractivity contribution in [3.05, 3.63) is 0 Å². The molecule has 0 spiro atoms. The van der Waals surface area contributed by atoms with Crippen LogP contribution in [0.2, 0.25) is 0 Å². The van der Waals surface area contributed by atoms with Crippen molar-refractivity contribution in [1.82, 2.24) is 15.1 Å². The molecule has 0 amide bonds. The fourth-order valence-corrected chi connectivity index (χ4v) is 3.47. The van der Waals surface area contributed by atoms with Crippen LogP contribution in [-0.2, 0) is 0 Å². The molecule has 3 nitrogen and oxygen atoms in total. The molecular formula is C15H31N3. The Hall–Kier alpha value is -0.120. The maximum Gasteiger partial charge on any atom is 0.0281 e. The topological polar surface area (TPSA) is 18.5 Å². The predicted molar refractivity (Wildman–Crippen MR) is 78.0 cm³/mol. The summed E-state index contributed by atoms with van der Waals surface area (Å²) in [7, 11) is 0. The van der Waals surface area contributed by atoms with E-state index >= 15 is 0 Å². The van der Waals surface area contributed by atoms with E-state index in [1.807, 2.05) is 0 Å². The van der Waals surface area contributed by atoms with Gasteiger partial charge in [-0.2, -0.15) is 0 Å². The van der Waals surface area contributed by atoms with Gasteiger partial charge in [0.05, 0.1) is 0 Å². The van der Waals surface area contributed by atoms with Gasteiger partial charge in [-0.15, -0.1) is 0 Å². The van der Waals surface area contributed by atoms with Gasteiger partial charge in [0.2, 0.25) is 0 Å². The molecule has 3 heteroatoms. The van der Waals surface area contributed by atoms with E-state index in [-0.39, 0.29) is 0 Å². The lowest BCUT2D eigenvalue weighted by atomic mass is 9.92. The highest BCUT2D eigenvalue weighted by Crippen LogP contribution is 2.25. The summed E-state index contributed by atoms with van der Waals surface area (Å²) < 4.78 is 0. The highest BCUT2D eigenvalue weighted by Gasteiger charge is 2.33. The lowest BCUT2D eigenvalue weighted by Gasteiger charge is -2.47. The van der Waals surface area contributed by atoms with Gasteiger partial charge in [0, 0.05) is 50.8 Å². The molecule has 0 aliphatic carbocycles. The first-order chi connectivity index (χ1) is 8.49. The number of rotatable bonds is 3. The largest absolute Gasteiger partial charge is 0.314 e. The van der Waals surface area contributed by atoms with Crippen LogP contribution in [-0.4, -0.2) is 60.6 Å². The highest BCUT2D eigenvalue weighted by atomic mass is 15.3. The maximum absolute atomic E-state index is 3.45. The first kappa shape index (κ1) is 14.3. The summed E-state index contributed by atoms with van der Waals surface area (Å²) in [5.74, 6) is 0.875. The number of hydrogen-bond acceptors (Lipinski definition) is 3. The average molecular weight is 253 g/mol. The van der Waals surface area contributed by atoms with E-state index in [4.69, 9.17) is 0 Å². The molecule has 0 bridgehead atoms. The van der Waals surface area contributed by atoms with Crippen LogP contribution in [0.5, 0.6) is 0 Å². The molecule has 0 saturated carbocycles. The SMILES string of the molecule is CC1CCC(C)N(CC(C)(C)N2CCNCC2)C1. The van der Waals surface area contributed by atoms with Crippen molar-refractivity contribution in [1.29, 1.82) is 0 Å². The molecule has 2 saturated heterocycles. The molecule has 106 valence electrons. The number of piperazine rings is 1. The lowest BCUT2D eigenvalue weighted by Crippen LogP contribution is -2.59. The van der Waals surface area contributed by atoms with Crippen LogP contribution in [0, 0.1) is 5.92 Å². The summed E-state index contributed by atoms with van der Waals surface area (Å²) in [5.41, 5.74) is 0.313. The number of likely N-dealkylation sites (tertiary alicyclic amines) is 1. The Morgan fingerprint density at radius 2 is 1.78 bits per heavy atom. The lowest BCUT2D eigenvalue weighted by molar-refractivity contribution is 0.0279. The van der Waals surface area contributed by atoms with Crippen molar-refractivity contribution in [2.24, 2.45) is 5.92 Å². The highest BCUT2D eigenvalue weighted by molar-refractivity contribution is 4.90. The van der Waals surface area contributed by atoms with Crippen LogP contribution in [0.3, 0.4) is 0 Å². The molecule has 2 heterocycles. The molecular weight excluding hydrogens is 222 g/mol. The fraction of sp³-hybridized carbons (Fsp3) is 1.00. The summed E-state index contributed by atoms with van der Waals surface area (Å²) in [6.45, 7) is 16.8. The zero-order valence-electron chi connectivity index (χ0n) is 12.7. The van der Waals surface area contributed by atoms with Gasteiger partial charge >= 0.3 is 0 Å². The number of piperidine rings is 1. The molecule has 2 unspecified atom stereocenters.